The smallest absolute Gasteiger partial charge is 0.339 e. The maximum absolute atomic E-state index is 11.7. The van der Waals surface area contributed by atoms with Crippen LogP contribution in [0.15, 0.2) is 53.6 Å². The van der Waals surface area contributed by atoms with E-state index in [0.717, 1.165) is 18.4 Å². The lowest BCUT2D eigenvalue weighted by molar-refractivity contribution is 0.252. The van der Waals surface area contributed by atoms with Gasteiger partial charge in [0, 0.05) is 5.69 Å². The van der Waals surface area contributed by atoms with E-state index in [1.54, 1.807) is 25.5 Å². The van der Waals surface area contributed by atoms with E-state index in [2.05, 4.69) is 22.8 Å². The number of ether oxygens (including phenoxy) is 2. The van der Waals surface area contributed by atoms with Crippen molar-refractivity contribution in [2.24, 2.45) is 5.10 Å². The third-order valence-electron chi connectivity index (χ3n) is 3.35. The van der Waals surface area contributed by atoms with Crippen molar-refractivity contribution in [2.75, 3.05) is 19.0 Å². The van der Waals surface area contributed by atoms with Gasteiger partial charge in [0.05, 0.1) is 19.9 Å². The van der Waals surface area contributed by atoms with Crippen LogP contribution in [-0.4, -0.2) is 26.0 Å². The largest absolute Gasteiger partial charge is 0.493 e. The maximum atomic E-state index is 11.7. The average molecular weight is 341 g/mol. The fraction of sp³-hybridized carbons (Fsp3) is 0.263. The van der Waals surface area contributed by atoms with Gasteiger partial charge >= 0.3 is 6.03 Å². The summed E-state index contributed by atoms with van der Waals surface area (Å²) in [7, 11) is 1.59. The molecule has 0 aromatic heterocycles. The van der Waals surface area contributed by atoms with Gasteiger partial charge in [-0.15, -0.1) is 0 Å². The minimum absolute atomic E-state index is 0.408. The highest BCUT2D eigenvalue weighted by molar-refractivity contribution is 5.90. The van der Waals surface area contributed by atoms with Crippen molar-refractivity contribution in [3.8, 4) is 11.5 Å². The van der Waals surface area contributed by atoms with Crippen LogP contribution < -0.4 is 20.2 Å². The quantitative estimate of drug-likeness (QED) is 0.432. The maximum Gasteiger partial charge on any atom is 0.339 e. The molecule has 2 N–H and O–H groups in total. The van der Waals surface area contributed by atoms with E-state index in [1.807, 2.05) is 36.4 Å². The number of rotatable bonds is 8. The van der Waals surface area contributed by atoms with E-state index in [9.17, 15) is 4.79 Å². The molecule has 25 heavy (non-hydrogen) atoms. The van der Waals surface area contributed by atoms with Gasteiger partial charge < -0.3 is 14.8 Å². The number of para-hydroxylation sites is 1. The molecule has 0 atom stereocenters. The van der Waals surface area contributed by atoms with Crippen molar-refractivity contribution < 1.29 is 14.3 Å². The Kier molecular flexibility index (Phi) is 7.31. The Morgan fingerprint density at radius 3 is 2.68 bits per heavy atom. The Balaban J connectivity index is 1.90. The van der Waals surface area contributed by atoms with Gasteiger partial charge in [0.1, 0.15) is 0 Å². The molecule has 2 rings (SSSR count). The molecule has 0 saturated heterocycles. The van der Waals surface area contributed by atoms with Gasteiger partial charge in [0.25, 0.3) is 0 Å². The second kappa shape index (κ2) is 9.97. The number of nitrogens with one attached hydrogen (secondary N) is 2. The van der Waals surface area contributed by atoms with Crippen molar-refractivity contribution in [2.45, 2.75) is 19.8 Å². The van der Waals surface area contributed by atoms with Gasteiger partial charge in [-0.1, -0.05) is 31.5 Å². The molecule has 0 saturated carbocycles. The molecule has 6 heteroatoms. The summed E-state index contributed by atoms with van der Waals surface area (Å²) in [5.41, 5.74) is 3.91. The third-order valence-corrected chi connectivity index (χ3v) is 3.35. The summed E-state index contributed by atoms with van der Waals surface area (Å²) >= 11 is 0. The molecule has 0 aliphatic carbocycles. The fourth-order valence-electron chi connectivity index (χ4n) is 2.06. The molecule has 0 aliphatic rings. The van der Waals surface area contributed by atoms with E-state index in [-0.39, 0.29) is 0 Å². The number of methoxy groups -OCH3 is 1. The summed E-state index contributed by atoms with van der Waals surface area (Å²) in [6, 6.07) is 14.2. The highest BCUT2D eigenvalue weighted by atomic mass is 16.5. The van der Waals surface area contributed by atoms with Crippen molar-refractivity contribution in [1.29, 1.82) is 0 Å². The number of hydrazone groups is 1. The molecule has 0 fully saturated rings. The number of carbonyl (C=O) groups is 1. The number of benzene rings is 2. The van der Waals surface area contributed by atoms with Crippen LogP contribution in [0.5, 0.6) is 11.5 Å². The first kappa shape index (κ1) is 18.3. The third kappa shape index (κ3) is 6.18. The summed E-state index contributed by atoms with van der Waals surface area (Å²) in [5, 5.41) is 6.61. The Bertz CT molecular complexity index is 702. The number of anilines is 1. The van der Waals surface area contributed by atoms with Crippen LogP contribution in [-0.2, 0) is 0 Å². The van der Waals surface area contributed by atoms with Crippen molar-refractivity contribution in [3.05, 3.63) is 54.1 Å². The zero-order valence-corrected chi connectivity index (χ0v) is 14.5. The molecule has 0 spiro atoms. The van der Waals surface area contributed by atoms with Crippen LogP contribution in [0.2, 0.25) is 0 Å². The number of hydrogen-bond donors (Lipinski definition) is 2. The number of unbranched alkanes of at least 4 members (excludes halogenated alkanes) is 1. The Hall–Kier alpha value is -3.02. The Morgan fingerprint density at radius 2 is 1.96 bits per heavy atom. The van der Waals surface area contributed by atoms with E-state index in [4.69, 9.17) is 9.47 Å². The number of urea groups is 1. The minimum atomic E-state index is -0.408. The Morgan fingerprint density at radius 1 is 1.16 bits per heavy atom. The van der Waals surface area contributed by atoms with Gasteiger partial charge in [-0.25, -0.2) is 10.2 Å². The van der Waals surface area contributed by atoms with Crippen LogP contribution in [0.25, 0.3) is 0 Å². The topological polar surface area (TPSA) is 72.0 Å². The highest BCUT2D eigenvalue weighted by Crippen LogP contribution is 2.27. The minimum Gasteiger partial charge on any atom is -0.493 e. The summed E-state index contributed by atoms with van der Waals surface area (Å²) < 4.78 is 11.0. The lowest BCUT2D eigenvalue weighted by Gasteiger charge is -2.10. The van der Waals surface area contributed by atoms with Crippen molar-refractivity contribution in [1.82, 2.24) is 5.43 Å². The number of hydrogen-bond acceptors (Lipinski definition) is 4. The zero-order valence-electron chi connectivity index (χ0n) is 14.5. The average Bonchev–Trinajstić information content (AvgIpc) is 2.63. The van der Waals surface area contributed by atoms with E-state index >= 15 is 0 Å². The van der Waals surface area contributed by atoms with Crippen LogP contribution >= 0.6 is 0 Å². The first-order valence-corrected chi connectivity index (χ1v) is 8.19. The molecule has 0 radical (unpaired) electrons. The lowest BCUT2D eigenvalue weighted by Crippen LogP contribution is -2.24. The zero-order chi connectivity index (χ0) is 17.9. The first-order valence-electron chi connectivity index (χ1n) is 8.19. The molecule has 0 unspecified atom stereocenters. The molecular weight excluding hydrogens is 318 g/mol. The van der Waals surface area contributed by atoms with Gasteiger partial charge in [-0.3, -0.25) is 0 Å². The number of amides is 2. The molecule has 2 aromatic carbocycles. The van der Waals surface area contributed by atoms with Crippen LogP contribution in [0.4, 0.5) is 10.5 Å². The molecule has 132 valence electrons. The normalized spacial score (nSPS) is 10.5. The monoisotopic (exact) mass is 341 g/mol. The van der Waals surface area contributed by atoms with Crippen LogP contribution in [0.1, 0.15) is 25.3 Å². The SMILES string of the molecule is CCCCOc1ccc(/C=N\NC(=O)Nc2ccccc2)cc1OC. The van der Waals surface area contributed by atoms with Crippen LogP contribution in [0, 0.1) is 0 Å². The second-order valence-electron chi connectivity index (χ2n) is 5.30. The predicted octanol–water partition coefficient (Wildman–Crippen LogP) is 4.03. The molecular formula is C19H23N3O3. The summed E-state index contributed by atoms with van der Waals surface area (Å²) in [4.78, 5) is 11.7. The molecule has 0 aliphatic heterocycles. The predicted molar refractivity (Wildman–Crippen MR) is 99.6 cm³/mol. The molecule has 2 amide bonds. The van der Waals surface area contributed by atoms with Gasteiger partial charge in [-0.05, 0) is 42.3 Å². The van der Waals surface area contributed by atoms with Crippen LogP contribution in [0.3, 0.4) is 0 Å². The van der Waals surface area contributed by atoms with Crippen molar-refractivity contribution in [3.63, 3.8) is 0 Å². The molecule has 0 heterocycles. The van der Waals surface area contributed by atoms with E-state index in [0.29, 0.717) is 23.8 Å². The van der Waals surface area contributed by atoms with E-state index in [1.165, 1.54) is 0 Å². The van der Waals surface area contributed by atoms with Gasteiger partial charge in [-0.2, -0.15) is 5.10 Å². The molecule has 2 aromatic rings. The molecule has 6 nitrogen and oxygen atoms in total. The summed E-state index contributed by atoms with van der Waals surface area (Å²) in [6.45, 7) is 2.77. The number of nitrogens with zero attached hydrogens (tertiary/aromatic N) is 1. The van der Waals surface area contributed by atoms with E-state index < -0.39 is 6.03 Å². The Labute approximate surface area is 147 Å². The summed E-state index contributed by atoms with van der Waals surface area (Å²) in [5.74, 6) is 1.33. The van der Waals surface area contributed by atoms with Gasteiger partial charge in [0.2, 0.25) is 0 Å². The highest BCUT2D eigenvalue weighted by Gasteiger charge is 2.05. The van der Waals surface area contributed by atoms with Crippen molar-refractivity contribution >= 4 is 17.9 Å². The first-order chi connectivity index (χ1) is 12.2. The fourth-order valence-corrected chi connectivity index (χ4v) is 2.06. The standard InChI is InChI=1S/C19H23N3O3/c1-3-4-12-25-17-11-10-15(13-18(17)24-2)14-20-22-19(23)21-16-8-6-5-7-9-16/h5-11,13-14H,3-4,12H2,1-2H3,(H2,21,22,23)/b20-14-. The van der Waals surface area contributed by atoms with Gasteiger partial charge in [0.15, 0.2) is 11.5 Å². The second-order valence-corrected chi connectivity index (χ2v) is 5.30. The number of carbonyl (C=O) groups excluding carboxylic acids is 1. The lowest BCUT2D eigenvalue weighted by atomic mass is 10.2. The molecule has 0 bridgehead atoms. The summed E-state index contributed by atoms with van der Waals surface area (Å²) in [6.07, 6.45) is 3.61.